The van der Waals surface area contributed by atoms with Gasteiger partial charge in [-0.15, -0.1) is 11.3 Å². The molecule has 80 valence electrons. The van der Waals surface area contributed by atoms with Crippen LogP contribution in [0.1, 0.15) is 16.4 Å². The number of aryl methyl sites for hydroxylation is 3. The molecule has 2 heterocycles. The summed E-state index contributed by atoms with van der Waals surface area (Å²) >= 11 is 1.68. The van der Waals surface area contributed by atoms with Gasteiger partial charge in [0.1, 0.15) is 0 Å². The quantitative estimate of drug-likeness (QED) is 0.865. The number of nitrogens with zero attached hydrogens (tertiary/aromatic N) is 3. The zero-order valence-corrected chi connectivity index (χ0v) is 9.93. The molecule has 0 aliphatic heterocycles. The number of anilines is 1. The fourth-order valence-corrected chi connectivity index (χ4v) is 2.06. The second-order valence-electron chi connectivity index (χ2n) is 3.51. The molecule has 5 heteroatoms. The monoisotopic (exact) mass is 222 g/mol. The third kappa shape index (κ3) is 2.36. The Kier molecular flexibility index (Phi) is 2.73. The summed E-state index contributed by atoms with van der Waals surface area (Å²) in [6.45, 7) is 4.77. The lowest BCUT2D eigenvalue weighted by Gasteiger charge is -2.00. The van der Waals surface area contributed by atoms with Crippen LogP contribution in [0.2, 0.25) is 0 Å². The van der Waals surface area contributed by atoms with Crippen LogP contribution in [0.5, 0.6) is 0 Å². The summed E-state index contributed by atoms with van der Waals surface area (Å²) in [7, 11) is 1.92. The topological polar surface area (TPSA) is 42.7 Å². The summed E-state index contributed by atoms with van der Waals surface area (Å²) in [5.41, 5.74) is 3.17. The van der Waals surface area contributed by atoms with Crippen LogP contribution >= 0.6 is 11.3 Å². The Hall–Kier alpha value is -1.36. The number of hydrogen-bond acceptors (Lipinski definition) is 4. The Bertz CT molecular complexity index is 458. The molecule has 1 N–H and O–H groups in total. The lowest BCUT2D eigenvalue weighted by atomic mass is 10.4. The summed E-state index contributed by atoms with van der Waals surface area (Å²) in [4.78, 5) is 4.39. The van der Waals surface area contributed by atoms with Gasteiger partial charge in [0.15, 0.2) is 0 Å². The average molecular weight is 222 g/mol. The highest BCUT2D eigenvalue weighted by atomic mass is 32.1. The van der Waals surface area contributed by atoms with Gasteiger partial charge >= 0.3 is 0 Å². The van der Waals surface area contributed by atoms with Crippen LogP contribution in [0, 0.1) is 13.8 Å². The number of nitrogens with one attached hydrogen (secondary N) is 1. The lowest BCUT2D eigenvalue weighted by molar-refractivity contribution is 0.756. The molecule has 0 fully saturated rings. The third-order valence-corrected chi connectivity index (χ3v) is 2.96. The van der Waals surface area contributed by atoms with Crippen molar-refractivity contribution in [3.63, 3.8) is 0 Å². The van der Waals surface area contributed by atoms with E-state index in [1.165, 1.54) is 0 Å². The molecule has 0 spiro atoms. The zero-order chi connectivity index (χ0) is 10.8. The number of rotatable bonds is 3. The molecule has 4 nitrogen and oxygen atoms in total. The van der Waals surface area contributed by atoms with E-state index in [2.05, 4.69) is 20.8 Å². The maximum Gasteiger partial charge on any atom is 0.0898 e. The van der Waals surface area contributed by atoms with Gasteiger partial charge in [-0.2, -0.15) is 5.10 Å². The Labute approximate surface area is 93.0 Å². The van der Waals surface area contributed by atoms with Crippen LogP contribution in [-0.2, 0) is 13.6 Å². The highest BCUT2D eigenvalue weighted by Crippen LogP contribution is 2.14. The largest absolute Gasteiger partial charge is 0.377 e. The fourth-order valence-electron chi connectivity index (χ4n) is 1.45. The van der Waals surface area contributed by atoms with Gasteiger partial charge in [-0.05, 0) is 13.8 Å². The Morgan fingerprint density at radius 1 is 1.47 bits per heavy atom. The van der Waals surface area contributed by atoms with E-state index in [0.29, 0.717) is 0 Å². The highest BCUT2D eigenvalue weighted by Gasteiger charge is 2.03. The Balaban J connectivity index is 2.01. The molecule has 2 rings (SSSR count). The first-order valence-electron chi connectivity index (χ1n) is 4.80. The van der Waals surface area contributed by atoms with Gasteiger partial charge in [0, 0.05) is 18.6 Å². The van der Waals surface area contributed by atoms with Gasteiger partial charge in [-0.1, -0.05) is 0 Å². The third-order valence-electron chi connectivity index (χ3n) is 2.14. The molecule has 0 amide bonds. The van der Waals surface area contributed by atoms with E-state index in [0.717, 1.165) is 28.6 Å². The minimum atomic E-state index is 0.761. The standard InChI is InChI=1S/C10H14N4S/c1-7-10(5-14(3)13-7)11-4-9-6-15-8(2)12-9/h5-6,11H,4H2,1-3H3. The van der Waals surface area contributed by atoms with Crippen molar-refractivity contribution in [3.05, 3.63) is 28.0 Å². The van der Waals surface area contributed by atoms with Gasteiger partial charge in [0.25, 0.3) is 0 Å². The molecule has 0 atom stereocenters. The van der Waals surface area contributed by atoms with Crippen molar-refractivity contribution >= 4 is 17.0 Å². The van der Waals surface area contributed by atoms with Gasteiger partial charge in [-0.25, -0.2) is 4.98 Å². The maximum absolute atomic E-state index is 4.39. The van der Waals surface area contributed by atoms with Crippen LogP contribution in [0.25, 0.3) is 0 Å². The first-order valence-corrected chi connectivity index (χ1v) is 5.68. The van der Waals surface area contributed by atoms with Gasteiger partial charge < -0.3 is 5.32 Å². The van der Waals surface area contributed by atoms with E-state index in [1.807, 2.05) is 31.8 Å². The van der Waals surface area contributed by atoms with Crippen molar-refractivity contribution in [3.8, 4) is 0 Å². The lowest BCUT2D eigenvalue weighted by Crippen LogP contribution is -1.99. The van der Waals surface area contributed by atoms with Crippen molar-refractivity contribution in [2.45, 2.75) is 20.4 Å². The molecule has 0 saturated heterocycles. The summed E-state index contributed by atoms with van der Waals surface area (Å²) in [5.74, 6) is 0. The number of hydrogen-bond donors (Lipinski definition) is 1. The molecule has 0 aliphatic rings. The fraction of sp³-hybridized carbons (Fsp3) is 0.400. The molecule has 2 aromatic heterocycles. The predicted molar refractivity (Wildman–Crippen MR) is 62.1 cm³/mol. The van der Waals surface area contributed by atoms with Crippen LogP contribution in [0.15, 0.2) is 11.6 Å². The first kappa shape index (κ1) is 10.2. The van der Waals surface area contributed by atoms with Gasteiger partial charge in [-0.3, -0.25) is 4.68 Å². The molecule has 2 aromatic rings. The molecule has 0 aliphatic carbocycles. The Morgan fingerprint density at radius 3 is 2.80 bits per heavy atom. The van der Waals surface area contributed by atoms with Crippen molar-refractivity contribution in [2.24, 2.45) is 7.05 Å². The van der Waals surface area contributed by atoms with Crippen LogP contribution in [0.4, 0.5) is 5.69 Å². The van der Waals surface area contributed by atoms with E-state index in [9.17, 15) is 0 Å². The smallest absolute Gasteiger partial charge is 0.0898 e. The summed E-state index contributed by atoms with van der Waals surface area (Å²) in [5, 5.41) is 10.8. The van der Waals surface area contributed by atoms with E-state index in [-0.39, 0.29) is 0 Å². The molecular weight excluding hydrogens is 208 g/mol. The summed E-state index contributed by atoms with van der Waals surface area (Å²) in [6, 6.07) is 0. The molecular formula is C10H14N4S. The molecule has 0 aromatic carbocycles. The van der Waals surface area contributed by atoms with E-state index < -0.39 is 0 Å². The summed E-state index contributed by atoms with van der Waals surface area (Å²) < 4.78 is 1.81. The average Bonchev–Trinajstić information content (AvgIpc) is 2.70. The molecule has 0 radical (unpaired) electrons. The van der Waals surface area contributed by atoms with Crippen molar-refractivity contribution in [1.82, 2.24) is 14.8 Å². The van der Waals surface area contributed by atoms with Gasteiger partial charge in [0.2, 0.25) is 0 Å². The van der Waals surface area contributed by atoms with Crippen LogP contribution in [-0.4, -0.2) is 14.8 Å². The van der Waals surface area contributed by atoms with E-state index >= 15 is 0 Å². The molecule has 0 unspecified atom stereocenters. The van der Waals surface area contributed by atoms with Crippen molar-refractivity contribution < 1.29 is 0 Å². The molecule has 15 heavy (non-hydrogen) atoms. The van der Waals surface area contributed by atoms with Crippen LogP contribution < -0.4 is 5.32 Å². The zero-order valence-electron chi connectivity index (χ0n) is 9.11. The minimum Gasteiger partial charge on any atom is -0.377 e. The Morgan fingerprint density at radius 2 is 2.27 bits per heavy atom. The molecule has 0 saturated carbocycles. The number of thiazole rings is 1. The minimum absolute atomic E-state index is 0.761. The molecule has 0 bridgehead atoms. The summed E-state index contributed by atoms with van der Waals surface area (Å²) in [6.07, 6.45) is 1.98. The highest BCUT2D eigenvalue weighted by molar-refractivity contribution is 7.09. The van der Waals surface area contributed by atoms with Crippen LogP contribution in [0.3, 0.4) is 0 Å². The van der Waals surface area contributed by atoms with Crippen molar-refractivity contribution in [1.29, 1.82) is 0 Å². The van der Waals surface area contributed by atoms with E-state index in [4.69, 9.17) is 0 Å². The normalized spacial score (nSPS) is 10.6. The predicted octanol–water partition coefficient (Wildman–Crippen LogP) is 2.11. The second kappa shape index (κ2) is 4.02. The second-order valence-corrected chi connectivity index (χ2v) is 4.58. The maximum atomic E-state index is 4.39. The van der Waals surface area contributed by atoms with E-state index in [1.54, 1.807) is 11.3 Å². The van der Waals surface area contributed by atoms with Gasteiger partial charge in [0.05, 0.1) is 28.6 Å². The first-order chi connectivity index (χ1) is 7.15. The SMILES string of the molecule is Cc1nc(CNc2cn(C)nc2C)cs1. The number of aromatic nitrogens is 3. The van der Waals surface area contributed by atoms with Crippen molar-refractivity contribution in [2.75, 3.05) is 5.32 Å².